The van der Waals surface area contributed by atoms with Gasteiger partial charge < -0.3 is 29.7 Å². The maximum Gasteiger partial charge on any atom is 0.126 e. The highest BCUT2D eigenvalue weighted by Gasteiger charge is 2.44. The Hall–Kier alpha value is -1.70. The summed E-state index contributed by atoms with van der Waals surface area (Å²) in [5, 5.41) is 39.6. The zero-order valence-electron chi connectivity index (χ0n) is 15.1. The molecule has 2 aromatic rings. The summed E-state index contributed by atoms with van der Waals surface area (Å²) in [6.07, 6.45) is -3.96. The molecule has 1 aromatic heterocycles. The molecule has 3 rings (SSSR count). The van der Waals surface area contributed by atoms with Gasteiger partial charge in [-0.3, -0.25) is 0 Å². The molecular weight excluding hydrogens is 334 g/mol. The van der Waals surface area contributed by atoms with Gasteiger partial charge in [0.15, 0.2) is 0 Å². The molecule has 1 aliphatic rings. The fourth-order valence-corrected chi connectivity index (χ4v) is 3.48. The number of aromatic nitrogens is 1. The van der Waals surface area contributed by atoms with E-state index in [0.717, 1.165) is 18.5 Å². The maximum atomic E-state index is 10.3. The minimum absolute atomic E-state index is 0.428. The highest BCUT2D eigenvalue weighted by molar-refractivity contribution is 5.29. The third-order valence-electron chi connectivity index (χ3n) is 5.26. The minimum Gasteiger partial charge on any atom is -0.394 e. The molecule has 4 N–H and O–H groups in total. The van der Waals surface area contributed by atoms with E-state index in [4.69, 9.17) is 4.74 Å². The van der Waals surface area contributed by atoms with Gasteiger partial charge in [0.2, 0.25) is 0 Å². The van der Waals surface area contributed by atoms with E-state index in [2.05, 4.69) is 31.2 Å². The Balaban J connectivity index is 1.81. The number of rotatable bonds is 5. The summed E-state index contributed by atoms with van der Waals surface area (Å²) in [6, 6.07) is 12.3. The lowest BCUT2D eigenvalue weighted by Crippen LogP contribution is -2.55. The van der Waals surface area contributed by atoms with Crippen molar-refractivity contribution in [2.75, 3.05) is 6.61 Å². The molecule has 142 valence electrons. The van der Waals surface area contributed by atoms with Crippen LogP contribution in [-0.4, -0.2) is 56.0 Å². The highest BCUT2D eigenvalue weighted by atomic mass is 16.5. The lowest BCUT2D eigenvalue weighted by molar-refractivity contribution is -0.233. The van der Waals surface area contributed by atoms with Gasteiger partial charge in [0.05, 0.1) is 6.61 Å². The van der Waals surface area contributed by atoms with Crippen LogP contribution in [0.1, 0.15) is 35.5 Å². The van der Waals surface area contributed by atoms with Gasteiger partial charge in [-0.15, -0.1) is 0 Å². The van der Waals surface area contributed by atoms with Crippen molar-refractivity contribution in [3.63, 3.8) is 0 Å². The molecule has 5 atom stereocenters. The van der Waals surface area contributed by atoms with E-state index in [-0.39, 0.29) is 0 Å². The Bertz CT molecular complexity index is 724. The second kappa shape index (κ2) is 7.90. The van der Waals surface area contributed by atoms with Gasteiger partial charge in [-0.2, -0.15) is 0 Å². The molecule has 0 bridgehead atoms. The van der Waals surface area contributed by atoms with Crippen LogP contribution in [0.15, 0.2) is 36.4 Å². The quantitative estimate of drug-likeness (QED) is 0.629. The van der Waals surface area contributed by atoms with Crippen molar-refractivity contribution in [2.24, 2.45) is 7.05 Å². The van der Waals surface area contributed by atoms with E-state index < -0.39 is 37.1 Å². The van der Waals surface area contributed by atoms with Crippen LogP contribution in [0.25, 0.3) is 0 Å². The third kappa shape index (κ3) is 3.56. The summed E-state index contributed by atoms with van der Waals surface area (Å²) in [5.74, 6) is 0. The van der Waals surface area contributed by atoms with Crippen LogP contribution in [0.3, 0.4) is 0 Å². The van der Waals surface area contributed by atoms with Crippen molar-refractivity contribution in [2.45, 2.75) is 50.3 Å². The van der Waals surface area contributed by atoms with Gasteiger partial charge in [-0.1, -0.05) is 31.2 Å². The molecule has 6 heteroatoms. The topological polar surface area (TPSA) is 95.1 Å². The van der Waals surface area contributed by atoms with Crippen molar-refractivity contribution in [1.29, 1.82) is 0 Å². The number of aryl methyl sites for hydroxylation is 1. The molecule has 0 aliphatic carbocycles. The summed E-state index contributed by atoms with van der Waals surface area (Å²) < 4.78 is 7.59. The van der Waals surface area contributed by atoms with E-state index in [9.17, 15) is 20.4 Å². The van der Waals surface area contributed by atoms with Crippen LogP contribution >= 0.6 is 0 Å². The Morgan fingerprint density at radius 3 is 2.19 bits per heavy atom. The first-order valence-corrected chi connectivity index (χ1v) is 8.99. The molecule has 0 saturated carbocycles. The number of hydrogen-bond acceptors (Lipinski definition) is 5. The monoisotopic (exact) mass is 361 g/mol. The van der Waals surface area contributed by atoms with E-state index in [0.29, 0.717) is 5.69 Å². The SMILES string of the molecule is CCc1ccc(Cc2ccc([C@@H]3O[C@H](CO)[C@@H](O)[C@H](O)[C@H]3O)n2C)cc1. The fraction of sp³-hybridized carbons (Fsp3) is 0.500. The van der Waals surface area contributed by atoms with Crippen LogP contribution in [0.5, 0.6) is 0 Å². The van der Waals surface area contributed by atoms with Crippen LogP contribution in [-0.2, 0) is 24.6 Å². The molecule has 0 amide bonds. The molecule has 1 aromatic carbocycles. The van der Waals surface area contributed by atoms with E-state index in [1.807, 2.05) is 23.7 Å². The number of aliphatic hydroxyl groups is 4. The third-order valence-corrected chi connectivity index (χ3v) is 5.26. The van der Waals surface area contributed by atoms with Crippen molar-refractivity contribution in [1.82, 2.24) is 4.57 Å². The van der Waals surface area contributed by atoms with Gasteiger partial charge in [0, 0.05) is 24.9 Å². The Morgan fingerprint density at radius 2 is 1.58 bits per heavy atom. The summed E-state index contributed by atoms with van der Waals surface area (Å²) in [6.45, 7) is 1.70. The summed E-state index contributed by atoms with van der Waals surface area (Å²) in [4.78, 5) is 0. The molecule has 6 nitrogen and oxygen atoms in total. The fourth-order valence-electron chi connectivity index (χ4n) is 3.48. The van der Waals surface area contributed by atoms with Crippen LogP contribution < -0.4 is 0 Å². The van der Waals surface area contributed by atoms with Crippen molar-refractivity contribution in [3.8, 4) is 0 Å². The second-order valence-electron chi connectivity index (χ2n) is 6.90. The van der Waals surface area contributed by atoms with Crippen LogP contribution in [0.2, 0.25) is 0 Å². The average molecular weight is 361 g/mol. The lowest BCUT2D eigenvalue weighted by Gasteiger charge is -2.40. The highest BCUT2D eigenvalue weighted by Crippen LogP contribution is 2.33. The predicted molar refractivity (Wildman–Crippen MR) is 96.8 cm³/mol. The molecule has 1 aliphatic heterocycles. The zero-order valence-corrected chi connectivity index (χ0v) is 15.1. The minimum atomic E-state index is -1.37. The Morgan fingerprint density at radius 1 is 0.923 bits per heavy atom. The van der Waals surface area contributed by atoms with Gasteiger partial charge in [-0.05, 0) is 29.7 Å². The summed E-state index contributed by atoms with van der Waals surface area (Å²) >= 11 is 0. The van der Waals surface area contributed by atoms with Gasteiger partial charge in [0.1, 0.15) is 30.5 Å². The largest absolute Gasteiger partial charge is 0.394 e. The molecular formula is C20H27NO5. The number of hydrogen-bond donors (Lipinski definition) is 4. The molecule has 1 saturated heterocycles. The maximum absolute atomic E-state index is 10.3. The Kier molecular flexibility index (Phi) is 5.79. The molecule has 0 spiro atoms. The molecule has 1 fully saturated rings. The first-order chi connectivity index (χ1) is 12.5. The number of ether oxygens (including phenoxy) is 1. The number of benzene rings is 1. The first kappa shape index (κ1) is 19.1. The van der Waals surface area contributed by atoms with E-state index in [1.54, 1.807) is 0 Å². The second-order valence-corrected chi connectivity index (χ2v) is 6.90. The molecule has 0 radical (unpaired) electrons. The van der Waals surface area contributed by atoms with Crippen LogP contribution in [0.4, 0.5) is 0 Å². The molecule has 26 heavy (non-hydrogen) atoms. The summed E-state index contributed by atoms with van der Waals surface area (Å²) in [5.41, 5.74) is 4.22. The van der Waals surface area contributed by atoms with E-state index >= 15 is 0 Å². The molecule has 0 unspecified atom stereocenters. The zero-order chi connectivity index (χ0) is 18.8. The molecule has 2 heterocycles. The van der Waals surface area contributed by atoms with Gasteiger partial charge >= 0.3 is 0 Å². The van der Waals surface area contributed by atoms with Crippen molar-refractivity contribution >= 4 is 0 Å². The lowest BCUT2D eigenvalue weighted by atomic mass is 9.93. The van der Waals surface area contributed by atoms with Crippen molar-refractivity contribution < 1.29 is 25.2 Å². The van der Waals surface area contributed by atoms with Crippen LogP contribution in [0, 0.1) is 0 Å². The van der Waals surface area contributed by atoms with Gasteiger partial charge in [-0.25, -0.2) is 0 Å². The van der Waals surface area contributed by atoms with E-state index in [1.165, 1.54) is 11.1 Å². The predicted octanol–water partition coefficient (Wildman–Crippen LogP) is 0.693. The van der Waals surface area contributed by atoms with Gasteiger partial charge in [0.25, 0.3) is 0 Å². The summed E-state index contributed by atoms with van der Waals surface area (Å²) in [7, 11) is 1.88. The van der Waals surface area contributed by atoms with Crippen molar-refractivity contribution in [3.05, 3.63) is 58.9 Å². The standard InChI is InChI=1S/C20H27NO5/c1-3-12-4-6-13(7-5-12)10-14-8-9-15(21(14)2)20-19(25)18(24)17(23)16(11-22)26-20/h4-9,16-20,22-25H,3,10-11H2,1-2H3/t16-,17-,18+,19-,20+/m1/s1. The number of nitrogens with zero attached hydrogens (tertiary/aromatic N) is 1. The normalized spacial score (nSPS) is 29.1. The number of aliphatic hydroxyl groups excluding tert-OH is 4. The average Bonchev–Trinajstić information content (AvgIpc) is 3.01. The smallest absolute Gasteiger partial charge is 0.126 e. The Labute approximate surface area is 153 Å². The first-order valence-electron chi connectivity index (χ1n) is 8.99.